The quantitative estimate of drug-likeness (QED) is 0.0267. The van der Waals surface area contributed by atoms with Crippen LogP contribution in [0.25, 0.3) is 33.2 Å². The Bertz CT molecular complexity index is 2990. The highest BCUT2D eigenvalue weighted by Crippen LogP contribution is 2.38. The molecule has 8 aromatic rings. The van der Waals surface area contributed by atoms with Gasteiger partial charge in [-0.2, -0.15) is 0 Å². The molecule has 2 atom stereocenters. The van der Waals surface area contributed by atoms with Gasteiger partial charge in [0, 0.05) is 60.7 Å². The van der Waals surface area contributed by atoms with Crippen LogP contribution < -0.4 is 29.6 Å². The highest BCUT2D eigenvalue weighted by molar-refractivity contribution is 6.32. The summed E-state index contributed by atoms with van der Waals surface area (Å²) in [6.07, 6.45) is 3.29. The molecule has 0 fully saturated rings. The number of aliphatic carboxylic acids is 2. The lowest BCUT2D eigenvalue weighted by Crippen LogP contribution is -2.37. The normalized spacial score (nSPS) is 12.2. The zero-order chi connectivity index (χ0) is 50.7. The van der Waals surface area contributed by atoms with Gasteiger partial charge in [-0.25, -0.2) is 9.97 Å². The van der Waals surface area contributed by atoms with E-state index in [4.69, 9.17) is 42.1 Å². The van der Waals surface area contributed by atoms with Crippen molar-refractivity contribution in [3.8, 4) is 34.1 Å². The number of ether oxygens (including phenoxy) is 4. The van der Waals surface area contributed by atoms with E-state index in [1.807, 2.05) is 74.5 Å². The third kappa shape index (κ3) is 12.1. The number of imidazole rings is 2. The Labute approximate surface area is 424 Å². The first kappa shape index (κ1) is 51.2. The Morgan fingerprint density at radius 2 is 0.917 bits per heavy atom. The molecule has 6 aromatic carbocycles. The Morgan fingerprint density at radius 3 is 1.32 bits per heavy atom. The highest BCUT2D eigenvalue weighted by Gasteiger charge is 2.22. The van der Waals surface area contributed by atoms with Gasteiger partial charge in [0.2, 0.25) is 0 Å². The van der Waals surface area contributed by atoms with E-state index in [-0.39, 0.29) is 65.6 Å². The smallest absolute Gasteiger partial charge is 0.320 e. The number of fused-ring (bicyclic) bond motifs is 2. The summed E-state index contributed by atoms with van der Waals surface area (Å²) in [5.74, 6) is -0.550. The zero-order valence-corrected chi connectivity index (χ0v) is 41.0. The number of hydrogen-bond acceptors (Lipinski definition) is 12. The number of nitrogens with zero attached hydrogens (tertiary/aromatic N) is 2. The second-order valence-corrected chi connectivity index (χ2v) is 17.9. The maximum Gasteiger partial charge on any atom is 0.320 e. The Balaban J connectivity index is 0.999. The van der Waals surface area contributed by atoms with E-state index in [0.717, 1.165) is 66.6 Å². The van der Waals surface area contributed by atoms with Crippen molar-refractivity contribution in [1.82, 2.24) is 30.6 Å². The lowest BCUT2D eigenvalue weighted by Gasteiger charge is -2.20. The number of aliphatic hydroxyl groups is 2. The number of benzene rings is 6. The fourth-order valence-electron chi connectivity index (χ4n) is 8.44. The molecule has 8 rings (SSSR count). The van der Waals surface area contributed by atoms with Crippen molar-refractivity contribution in [2.75, 3.05) is 13.2 Å². The van der Waals surface area contributed by atoms with E-state index in [1.165, 1.54) is 0 Å². The predicted molar refractivity (Wildman–Crippen MR) is 274 cm³/mol. The van der Waals surface area contributed by atoms with Gasteiger partial charge in [0.05, 0.1) is 44.8 Å². The van der Waals surface area contributed by atoms with Gasteiger partial charge in [-0.05, 0) is 84.3 Å². The summed E-state index contributed by atoms with van der Waals surface area (Å²) in [7, 11) is 0. The molecule has 2 unspecified atom stereocenters. The van der Waals surface area contributed by atoms with E-state index in [2.05, 4.69) is 42.7 Å². The molecule has 16 nitrogen and oxygen atoms in total. The number of nitrogens with one attached hydrogen (secondary N) is 4. The summed E-state index contributed by atoms with van der Waals surface area (Å²) >= 11 is 13.7. The monoisotopic (exact) mass is 1020 g/mol. The van der Waals surface area contributed by atoms with Gasteiger partial charge in [0.25, 0.3) is 0 Å². The van der Waals surface area contributed by atoms with Crippen LogP contribution in [0.2, 0.25) is 10.0 Å². The zero-order valence-electron chi connectivity index (χ0n) is 39.5. The van der Waals surface area contributed by atoms with Crippen molar-refractivity contribution in [2.24, 2.45) is 0 Å². The van der Waals surface area contributed by atoms with Gasteiger partial charge < -0.3 is 60.0 Å². The molecule has 0 saturated heterocycles. The van der Waals surface area contributed by atoms with E-state index in [0.29, 0.717) is 44.2 Å². The molecule has 0 radical (unpaired) electrons. The summed E-state index contributed by atoms with van der Waals surface area (Å²) in [6, 6.07) is 28.4. The minimum Gasteiger partial charge on any atom is -0.488 e. The van der Waals surface area contributed by atoms with E-state index in [1.54, 1.807) is 36.9 Å². The minimum atomic E-state index is -1.08. The molecule has 0 spiro atoms. The number of carbonyl (C=O) groups is 2. The maximum absolute atomic E-state index is 11.9. The average Bonchev–Trinajstić information content (AvgIpc) is 4.07. The third-order valence-electron chi connectivity index (χ3n) is 12.5. The van der Waals surface area contributed by atoms with Crippen molar-refractivity contribution in [3.63, 3.8) is 0 Å². The molecular weight excluding hydrogens is 964 g/mol. The van der Waals surface area contributed by atoms with Crippen LogP contribution in [0.5, 0.6) is 23.0 Å². The van der Waals surface area contributed by atoms with Crippen molar-refractivity contribution >= 4 is 57.2 Å². The largest absolute Gasteiger partial charge is 0.488 e. The van der Waals surface area contributed by atoms with E-state index < -0.39 is 24.0 Å². The SMILES string of the molecule is Cc1c(COc2cc(OCc3cccc4[nH]cnc34)c(CNC(CCO)C(=O)O)cc2Cl)cccc1-c1cccc(COc2cc(OCc3cccc4[nH]cnc34)c(CNC(CCO)C(=O)O)cc2Cl)c1C. The second-order valence-electron chi connectivity index (χ2n) is 17.1. The van der Waals surface area contributed by atoms with Crippen LogP contribution in [0.4, 0.5) is 0 Å². The standard InChI is InChI=1S/C54H54Cl2N6O10/c1-31-33(25-71-49-21-47(69-27-35-9-5-13-43-51(35)61-29-59-43)37(19-41(49)55)23-57-45(15-17-63)53(65)66)7-3-11-39(31)40-12-4-8-34(32(40)2)26-72-50-22-48(70-28-36-10-6-14-44-52(36)62-30-60-44)38(20-42(50)56)24-58-46(16-18-64)54(67)68/h3-14,19-22,29-30,45-46,57-58,63-64H,15-18,23-28H2,1-2H3,(H,59,61)(H,60,62)(H,65,66)(H,67,68). The van der Waals surface area contributed by atoms with Crippen LogP contribution in [0, 0.1) is 13.8 Å². The van der Waals surface area contributed by atoms with Gasteiger partial charge in [-0.3, -0.25) is 9.59 Å². The molecule has 2 heterocycles. The van der Waals surface area contributed by atoms with Crippen LogP contribution >= 0.6 is 23.2 Å². The number of rotatable bonds is 25. The van der Waals surface area contributed by atoms with Crippen molar-refractivity contribution < 1.29 is 49.0 Å². The molecule has 374 valence electrons. The number of H-pyrrole nitrogens is 2. The van der Waals surface area contributed by atoms with Crippen LogP contribution in [-0.2, 0) is 49.1 Å². The number of hydrogen-bond donors (Lipinski definition) is 8. The lowest BCUT2D eigenvalue weighted by atomic mass is 9.92. The molecule has 8 N–H and O–H groups in total. The van der Waals surface area contributed by atoms with Crippen LogP contribution in [0.15, 0.2) is 110 Å². The first-order valence-corrected chi connectivity index (χ1v) is 24.0. The first-order chi connectivity index (χ1) is 34.9. The van der Waals surface area contributed by atoms with Gasteiger partial charge in [0.15, 0.2) is 0 Å². The number of carboxylic acids is 2. The first-order valence-electron chi connectivity index (χ1n) is 23.2. The number of aliphatic hydroxyl groups excluding tert-OH is 2. The van der Waals surface area contributed by atoms with Gasteiger partial charge in [-0.1, -0.05) is 83.9 Å². The molecule has 0 aliphatic heterocycles. The topological polar surface area (TPSA) is 233 Å². The fourth-order valence-corrected chi connectivity index (χ4v) is 8.92. The fraction of sp³-hybridized carbons (Fsp3) is 0.259. The molecule has 0 aliphatic rings. The third-order valence-corrected chi connectivity index (χ3v) is 13.1. The molecule has 0 bridgehead atoms. The summed E-state index contributed by atoms with van der Waals surface area (Å²) in [5, 5.41) is 44.9. The predicted octanol–water partition coefficient (Wildman–Crippen LogP) is 9.20. The molecule has 18 heteroatoms. The number of halogens is 2. The molecule has 2 aromatic heterocycles. The van der Waals surface area contributed by atoms with E-state index >= 15 is 0 Å². The molecule has 72 heavy (non-hydrogen) atoms. The maximum atomic E-state index is 11.9. The molecular formula is C54H54Cl2N6O10. The van der Waals surface area contributed by atoms with Crippen molar-refractivity contribution in [2.45, 2.75) is 78.3 Å². The second kappa shape index (κ2) is 23.8. The molecule has 0 saturated carbocycles. The average molecular weight is 1020 g/mol. The summed E-state index contributed by atoms with van der Waals surface area (Å²) in [5.41, 5.74) is 12.0. The Morgan fingerprint density at radius 1 is 0.542 bits per heavy atom. The van der Waals surface area contributed by atoms with E-state index in [9.17, 15) is 30.0 Å². The summed E-state index contributed by atoms with van der Waals surface area (Å²) < 4.78 is 25.6. The lowest BCUT2D eigenvalue weighted by molar-refractivity contribution is -0.140. The number of para-hydroxylation sites is 2. The highest BCUT2D eigenvalue weighted by atomic mass is 35.5. The van der Waals surface area contributed by atoms with Crippen LogP contribution in [-0.4, -0.2) is 77.6 Å². The summed E-state index contributed by atoms with van der Waals surface area (Å²) in [4.78, 5) is 38.9. The number of aromatic nitrogens is 4. The number of carboxylic acid groups (broad SMARTS) is 2. The van der Waals surface area contributed by atoms with Gasteiger partial charge in [0.1, 0.15) is 61.5 Å². The van der Waals surface area contributed by atoms with Crippen molar-refractivity contribution in [1.29, 1.82) is 0 Å². The van der Waals surface area contributed by atoms with Crippen molar-refractivity contribution in [3.05, 3.63) is 164 Å². The summed E-state index contributed by atoms with van der Waals surface area (Å²) in [6.45, 7) is 4.37. The van der Waals surface area contributed by atoms with Gasteiger partial charge in [-0.15, -0.1) is 0 Å². The van der Waals surface area contributed by atoms with Crippen LogP contribution in [0.3, 0.4) is 0 Å². The molecule has 0 amide bonds. The Hall–Kier alpha value is -7.18. The Kier molecular flexibility index (Phi) is 16.9. The number of aromatic amines is 2. The minimum absolute atomic E-state index is 0.0246. The molecule has 0 aliphatic carbocycles. The van der Waals surface area contributed by atoms with Crippen LogP contribution in [0.1, 0.15) is 57.3 Å². The van der Waals surface area contributed by atoms with Gasteiger partial charge >= 0.3 is 11.9 Å².